The standard InChI is InChI=1S/C13H14ClFN2OS/c14-8-1-4-10(11(15)7-8)13(18)17(9-2-3-9)6-5-12(16)19/h1,4,7,9H,2-3,5-6H2,(H2,16,19). The summed E-state index contributed by atoms with van der Waals surface area (Å²) in [5.41, 5.74) is 5.49. The van der Waals surface area contributed by atoms with E-state index in [9.17, 15) is 9.18 Å². The van der Waals surface area contributed by atoms with Crippen LogP contribution >= 0.6 is 23.8 Å². The van der Waals surface area contributed by atoms with Crippen LogP contribution in [0.5, 0.6) is 0 Å². The van der Waals surface area contributed by atoms with Crippen molar-refractivity contribution in [3.8, 4) is 0 Å². The van der Waals surface area contributed by atoms with Crippen molar-refractivity contribution in [1.29, 1.82) is 0 Å². The third kappa shape index (κ3) is 3.64. The topological polar surface area (TPSA) is 46.3 Å². The van der Waals surface area contributed by atoms with Crippen molar-refractivity contribution in [2.75, 3.05) is 6.54 Å². The first-order valence-electron chi connectivity index (χ1n) is 6.03. The summed E-state index contributed by atoms with van der Waals surface area (Å²) in [5, 5.41) is 0.273. The molecule has 2 rings (SSSR count). The quantitative estimate of drug-likeness (QED) is 0.851. The normalized spacial score (nSPS) is 14.2. The Kier molecular flexibility index (Phi) is 4.37. The Hall–Kier alpha value is -1.20. The van der Waals surface area contributed by atoms with E-state index in [1.165, 1.54) is 12.1 Å². The Bertz CT molecular complexity index is 519. The van der Waals surface area contributed by atoms with E-state index in [-0.39, 0.29) is 22.5 Å². The molecular weight excluding hydrogens is 287 g/mol. The molecule has 0 atom stereocenters. The average molecular weight is 301 g/mol. The van der Waals surface area contributed by atoms with Gasteiger partial charge in [0.05, 0.1) is 10.6 Å². The van der Waals surface area contributed by atoms with Gasteiger partial charge in [0.2, 0.25) is 0 Å². The zero-order valence-electron chi connectivity index (χ0n) is 10.2. The van der Waals surface area contributed by atoms with Crippen molar-refractivity contribution >= 4 is 34.7 Å². The number of nitrogens with zero attached hydrogens (tertiary/aromatic N) is 1. The first kappa shape index (κ1) is 14.2. The van der Waals surface area contributed by atoms with E-state index in [2.05, 4.69) is 0 Å². The predicted molar refractivity (Wildman–Crippen MR) is 76.9 cm³/mol. The SMILES string of the molecule is NC(=S)CCN(C(=O)c1ccc(Cl)cc1F)C1CC1. The van der Waals surface area contributed by atoms with Crippen LogP contribution in [0.4, 0.5) is 4.39 Å². The van der Waals surface area contributed by atoms with Crippen LogP contribution in [0.3, 0.4) is 0 Å². The first-order chi connectivity index (χ1) is 8.99. The van der Waals surface area contributed by atoms with E-state index < -0.39 is 5.82 Å². The van der Waals surface area contributed by atoms with Crippen molar-refractivity contribution in [1.82, 2.24) is 4.90 Å². The lowest BCUT2D eigenvalue weighted by molar-refractivity contribution is 0.0743. The smallest absolute Gasteiger partial charge is 0.257 e. The number of benzene rings is 1. The number of halogens is 2. The van der Waals surface area contributed by atoms with Crippen LogP contribution in [0, 0.1) is 5.82 Å². The van der Waals surface area contributed by atoms with E-state index >= 15 is 0 Å². The van der Waals surface area contributed by atoms with Gasteiger partial charge in [-0.15, -0.1) is 0 Å². The number of nitrogens with two attached hydrogens (primary N) is 1. The number of hydrogen-bond donors (Lipinski definition) is 1. The maximum atomic E-state index is 13.8. The number of hydrogen-bond acceptors (Lipinski definition) is 2. The van der Waals surface area contributed by atoms with Crippen LogP contribution in [-0.4, -0.2) is 28.4 Å². The molecule has 6 heteroatoms. The van der Waals surface area contributed by atoms with Gasteiger partial charge < -0.3 is 10.6 Å². The molecule has 1 fully saturated rings. The zero-order chi connectivity index (χ0) is 14.0. The molecular formula is C13H14ClFN2OS. The number of rotatable bonds is 5. The molecule has 0 heterocycles. The molecule has 102 valence electrons. The Morgan fingerprint density at radius 1 is 1.53 bits per heavy atom. The van der Waals surface area contributed by atoms with Gasteiger partial charge in [-0.2, -0.15) is 0 Å². The van der Waals surface area contributed by atoms with Crippen LogP contribution in [-0.2, 0) is 0 Å². The van der Waals surface area contributed by atoms with Crippen LogP contribution in [0.2, 0.25) is 5.02 Å². The van der Waals surface area contributed by atoms with Gasteiger partial charge >= 0.3 is 0 Å². The summed E-state index contributed by atoms with van der Waals surface area (Å²) in [6.07, 6.45) is 2.34. The van der Waals surface area contributed by atoms with Crippen molar-refractivity contribution in [2.45, 2.75) is 25.3 Å². The molecule has 0 aliphatic heterocycles. The van der Waals surface area contributed by atoms with E-state index in [1.54, 1.807) is 4.90 Å². The maximum absolute atomic E-state index is 13.8. The lowest BCUT2D eigenvalue weighted by Gasteiger charge is -2.22. The Morgan fingerprint density at radius 3 is 2.74 bits per heavy atom. The van der Waals surface area contributed by atoms with E-state index in [0.717, 1.165) is 18.9 Å². The van der Waals surface area contributed by atoms with Gasteiger partial charge in [-0.25, -0.2) is 4.39 Å². The Morgan fingerprint density at radius 2 is 2.21 bits per heavy atom. The largest absolute Gasteiger partial charge is 0.393 e. The van der Waals surface area contributed by atoms with Gasteiger partial charge in [0, 0.05) is 24.0 Å². The highest BCUT2D eigenvalue weighted by Crippen LogP contribution is 2.29. The van der Waals surface area contributed by atoms with E-state index in [0.29, 0.717) is 18.0 Å². The summed E-state index contributed by atoms with van der Waals surface area (Å²) < 4.78 is 13.8. The zero-order valence-corrected chi connectivity index (χ0v) is 11.8. The number of carbonyl (C=O) groups is 1. The summed E-state index contributed by atoms with van der Waals surface area (Å²) in [5.74, 6) is -0.925. The molecule has 19 heavy (non-hydrogen) atoms. The van der Waals surface area contributed by atoms with Crippen molar-refractivity contribution in [3.63, 3.8) is 0 Å². The van der Waals surface area contributed by atoms with Gasteiger partial charge in [-0.3, -0.25) is 4.79 Å². The predicted octanol–water partition coefficient (Wildman–Crippen LogP) is 2.76. The third-order valence-corrected chi connectivity index (χ3v) is 3.45. The van der Waals surface area contributed by atoms with Gasteiger partial charge in [-0.1, -0.05) is 23.8 Å². The summed E-state index contributed by atoms with van der Waals surface area (Å²) in [7, 11) is 0. The molecule has 1 aliphatic carbocycles. The molecule has 0 aromatic heterocycles. The third-order valence-electron chi connectivity index (χ3n) is 3.01. The fraction of sp³-hybridized carbons (Fsp3) is 0.385. The lowest BCUT2D eigenvalue weighted by Crippen LogP contribution is -2.36. The lowest BCUT2D eigenvalue weighted by atomic mass is 10.1. The molecule has 1 saturated carbocycles. The molecule has 3 nitrogen and oxygen atoms in total. The Labute approximate surface area is 121 Å². The van der Waals surface area contributed by atoms with Crippen LogP contribution in [0.1, 0.15) is 29.6 Å². The number of amides is 1. The van der Waals surface area contributed by atoms with Gasteiger partial charge in [0.15, 0.2) is 0 Å². The molecule has 0 saturated heterocycles. The first-order valence-corrected chi connectivity index (χ1v) is 6.82. The fourth-order valence-electron chi connectivity index (χ4n) is 1.88. The molecule has 0 bridgehead atoms. The van der Waals surface area contributed by atoms with Crippen LogP contribution in [0.25, 0.3) is 0 Å². The van der Waals surface area contributed by atoms with Crippen molar-refractivity contribution < 1.29 is 9.18 Å². The molecule has 2 N–H and O–H groups in total. The van der Waals surface area contributed by atoms with Crippen LogP contribution in [0.15, 0.2) is 18.2 Å². The van der Waals surface area contributed by atoms with E-state index in [4.69, 9.17) is 29.6 Å². The van der Waals surface area contributed by atoms with Gasteiger partial charge in [0.25, 0.3) is 5.91 Å². The fourth-order valence-corrected chi connectivity index (χ4v) is 2.13. The highest BCUT2D eigenvalue weighted by atomic mass is 35.5. The second-order valence-corrected chi connectivity index (χ2v) is 5.53. The van der Waals surface area contributed by atoms with Gasteiger partial charge in [0.1, 0.15) is 5.82 Å². The molecule has 0 radical (unpaired) electrons. The second-order valence-electron chi connectivity index (χ2n) is 4.57. The summed E-state index contributed by atoms with van der Waals surface area (Å²) in [6.45, 7) is 0.431. The summed E-state index contributed by atoms with van der Waals surface area (Å²) in [6, 6.07) is 4.25. The monoisotopic (exact) mass is 300 g/mol. The molecule has 1 aromatic carbocycles. The average Bonchev–Trinajstić information content (AvgIpc) is 3.13. The molecule has 1 aromatic rings. The highest BCUT2D eigenvalue weighted by Gasteiger charge is 2.33. The number of carbonyl (C=O) groups excluding carboxylic acids is 1. The molecule has 1 aliphatic rings. The van der Waals surface area contributed by atoms with Crippen molar-refractivity contribution in [3.05, 3.63) is 34.6 Å². The van der Waals surface area contributed by atoms with Crippen LogP contribution < -0.4 is 5.73 Å². The minimum atomic E-state index is -0.599. The second kappa shape index (κ2) is 5.84. The minimum absolute atomic E-state index is 0.0410. The molecule has 0 spiro atoms. The maximum Gasteiger partial charge on any atom is 0.257 e. The van der Waals surface area contributed by atoms with Crippen molar-refractivity contribution in [2.24, 2.45) is 5.73 Å². The van der Waals surface area contributed by atoms with E-state index in [1.807, 2.05) is 0 Å². The minimum Gasteiger partial charge on any atom is -0.393 e. The van der Waals surface area contributed by atoms with Gasteiger partial charge in [-0.05, 0) is 31.0 Å². The molecule has 0 unspecified atom stereocenters. The number of thiocarbonyl (C=S) groups is 1. The molecule has 1 amide bonds. The summed E-state index contributed by atoms with van der Waals surface area (Å²) >= 11 is 10.5. The Balaban J connectivity index is 2.16. The highest BCUT2D eigenvalue weighted by molar-refractivity contribution is 7.80. The summed E-state index contributed by atoms with van der Waals surface area (Å²) in [4.78, 5) is 14.3.